The standard InChI is InChI=1S/C22H32O2/c1-2-3-4-5-6-7-8-9-10-11-12-13-14-15-16-17-18-19-20-21-22(23)24/h3-4,6-7,9-10,12-13,15-16,20-21H,2,5,8,11,14,17-19H2,1H3,(H,23,24). The molecule has 0 aliphatic heterocycles. The van der Waals surface area contributed by atoms with E-state index in [0.29, 0.717) is 0 Å². The Hall–Kier alpha value is -2.09. The quantitative estimate of drug-likeness (QED) is 0.223. The third kappa shape index (κ3) is 19.9. The highest BCUT2D eigenvalue weighted by atomic mass is 16.4. The normalized spacial score (nSPS) is 13.0. The molecule has 0 saturated carbocycles. The van der Waals surface area contributed by atoms with Gasteiger partial charge in [0.15, 0.2) is 0 Å². The van der Waals surface area contributed by atoms with E-state index in [0.717, 1.165) is 51.4 Å². The van der Waals surface area contributed by atoms with Gasteiger partial charge in [-0.1, -0.05) is 73.8 Å². The predicted molar refractivity (Wildman–Crippen MR) is 105 cm³/mol. The predicted octanol–water partition coefficient (Wildman–Crippen LogP) is 6.55. The van der Waals surface area contributed by atoms with E-state index in [1.807, 2.05) is 0 Å². The van der Waals surface area contributed by atoms with E-state index < -0.39 is 5.97 Å². The summed E-state index contributed by atoms with van der Waals surface area (Å²) in [5, 5.41) is 8.44. The van der Waals surface area contributed by atoms with Gasteiger partial charge in [-0.2, -0.15) is 0 Å². The molecule has 1 N–H and O–H groups in total. The van der Waals surface area contributed by atoms with Crippen molar-refractivity contribution in [3.05, 3.63) is 72.9 Å². The van der Waals surface area contributed by atoms with E-state index in [4.69, 9.17) is 5.11 Å². The van der Waals surface area contributed by atoms with Crippen molar-refractivity contribution in [2.75, 3.05) is 0 Å². The van der Waals surface area contributed by atoms with Crippen LogP contribution in [0.4, 0.5) is 0 Å². The Morgan fingerprint density at radius 1 is 0.667 bits per heavy atom. The van der Waals surface area contributed by atoms with Crippen LogP contribution in [0.2, 0.25) is 0 Å². The molecule has 0 rings (SSSR count). The maximum absolute atomic E-state index is 10.3. The first-order valence-electron chi connectivity index (χ1n) is 8.91. The highest BCUT2D eigenvalue weighted by molar-refractivity contribution is 5.79. The second-order valence-corrected chi connectivity index (χ2v) is 5.38. The van der Waals surface area contributed by atoms with Crippen molar-refractivity contribution in [2.45, 2.75) is 58.3 Å². The van der Waals surface area contributed by atoms with E-state index in [-0.39, 0.29) is 0 Å². The number of hydrogen-bond acceptors (Lipinski definition) is 1. The Balaban J connectivity index is 3.48. The third-order valence-electron chi connectivity index (χ3n) is 3.16. The van der Waals surface area contributed by atoms with Gasteiger partial charge in [0.05, 0.1) is 0 Å². The van der Waals surface area contributed by atoms with Gasteiger partial charge in [-0.15, -0.1) is 0 Å². The maximum Gasteiger partial charge on any atom is 0.327 e. The summed E-state index contributed by atoms with van der Waals surface area (Å²) in [5.41, 5.74) is 0. The van der Waals surface area contributed by atoms with E-state index in [2.05, 4.69) is 67.7 Å². The van der Waals surface area contributed by atoms with Gasteiger partial charge in [0, 0.05) is 6.08 Å². The smallest absolute Gasteiger partial charge is 0.327 e. The monoisotopic (exact) mass is 328 g/mol. The highest BCUT2D eigenvalue weighted by Gasteiger charge is 1.84. The Morgan fingerprint density at radius 3 is 1.54 bits per heavy atom. The van der Waals surface area contributed by atoms with Crippen molar-refractivity contribution >= 4 is 5.97 Å². The van der Waals surface area contributed by atoms with Crippen LogP contribution in [0.15, 0.2) is 72.9 Å². The SMILES string of the molecule is CCC=CCC=CCC=CCC=CCC=CCCCC=CC(=O)O. The summed E-state index contributed by atoms with van der Waals surface area (Å²) >= 11 is 0. The minimum absolute atomic E-state index is 0.820. The summed E-state index contributed by atoms with van der Waals surface area (Å²) < 4.78 is 0. The van der Waals surface area contributed by atoms with Crippen molar-refractivity contribution in [1.82, 2.24) is 0 Å². The molecule has 0 fully saturated rings. The summed E-state index contributed by atoms with van der Waals surface area (Å²) in [6.07, 6.45) is 32.7. The number of carbonyl (C=O) groups is 1. The van der Waals surface area contributed by atoms with Crippen LogP contribution in [-0.2, 0) is 4.79 Å². The first-order chi connectivity index (χ1) is 11.8. The molecule has 0 aliphatic rings. The topological polar surface area (TPSA) is 37.3 Å². The number of carboxylic acid groups (broad SMARTS) is 1. The Kier molecular flexibility index (Phi) is 17.3. The molecule has 0 aromatic carbocycles. The Bertz CT molecular complexity index is 462. The molecule has 0 heterocycles. The molecular weight excluding hydrogens is 296 g/mol. The summed E-state index contributed by atoms with van der Waals surface area (Å²) in [6, 6.07) is 0. The average Bonchev–Trinajstić information content (AvgIpc) is 2.56. The number of carboxylic acids is 1. The van der Waals surface area contributed by atoms with Crippen LogP contribution in [-0.4, -0.2) is 11.1 Å². The average molecular weight is 328 g/mol. The number of hydrogen-bond donors (Lipinski definition) is 1. The second-order valence-electron chi connectivity index (χ2n) is 5.38. The largest absolute Gasteiger partial charge is 0.478 e. The molecule has 0 aliphatic carbocycles. The lowest BCUT2D eigenvalue weighted by atomic mass is 10.2. The number of unbranched alkanes of at least 4 members (excludes halogenated alkanes) is 2. The zero-order valence-electron chi connectivity index (χ0n) is 14.9. The van der Waals surface area contributed by atoms with Gasteiger partial charge in [-0.3, -0.25) is 0 Å². The number of aliphatic carboxylic acids is 1. The van der Waals surface area contributed by atoms with E-state index >= 15 is 0 Å². The molecular formula is C22H32O2. The molecule has 132 valence electrons. The van der Waals surface area contributed by atoms with Crippen LogP contribution in [0.25, 0.3) is 0 Å². The van der Waals surface area contributed by atoms with Crippen LogP contribution in [0, 0.1) is 0 Å². The van der Waals surface area contributed by atoms with E-state index in [9.17, 15) is 4.79 Å². The molecule has 0 radical (unpaired) electrons. The van der Waals surface area contributed by atoms with Gasteiger partial charge in [-0.05, 0) is 51.4 Å². The van der Waals surface area contributed by atoms with Gasteiger partial charge >= 0.3 is 5.97 Å². The minimum Gasteiger partial charge on any atom is -0.478 e. The van der Waals surface area contributed by atoms with Crippen molar-refractivity contribution < 1.29 is 9.90 Å². The van der Waals surface area contributed by atoms with Gasteiger partial charge in [-0.25, -0.2) is 4.79 Å². The van der Waals surface area contributed by atoms with Crippen LogP contribution < -0.4 is 0 Å². The summed E-state index contributed by atoms with van der Waals surface area (Å²) in [7, 11) is 0. The second kappa shape index (κ2) is 19.0. The van der Waals surface area contributed by atoms with Gasteiger partial charge in [0.2, 0.25) is 0 Å². The van der Waals surface area contributed by atoms with Crippen LogP contribution >= 0.6 is 0 Å². The molecule has 0 saturated heterocycles. The lowest BCUT2D eigenvalue weighted by Gasteiger charge is -1.89. The molecule has 0 bridgehead atoms. The Morgan fingerprint density at radius 2 is 1.08 bits per heavy atom. The zero-order valence-corrected chi connectivity index (χ0v) is 14.9. The van der Waals surface area contributed by atoms with E-state index in [1.165, 1.54) is 6.08 Å². The van der Waals surface area contributed by atoms with E-state index in [1.54, 1.807) is 6.08 Å². The van der Waals surface area contributed by atoms with Crippen LogP contribution in [0.3, 0.4) is 0 Å². The summed E-state index contributed by atoms with van der Waals surface area (Å²) in [6.45, 7) is 2.15. The zero-order chi connectivity index (χ0) is 17.7. The lowest BCUT2D eigenvalue weighted by molar-refractivity contribution is -0.131. The van der Waals surface area contributed by atoms with Crippen LogP contribution in [0.5, 0.6) is 0 Å². The molecule has 2 heteroatoms. The first-order valence-corrected chi connectivity index (χ1v) is 8.91. The molecule has 0 aromatic heterocycles. The molecule has 24 heavy (non-hydrogen) atoms. The van der Waals surface area contributed by atoms with Crippen molar-refractivity contribution in [3.63, 3.8) is 0 Å². The molecule has 2 nitrogen and oxygen atoms in total. The lowest BCUT2D eigenvalue weighted by Crippen LogP contribution is -1.85. The molecule has 0 amide bonds. The van der Waals surface area contributed by atoms with Crippen LogP contribution in [0.1, 0.15) is 58.3 Å². The van der Waals surface area contributed by atoms with Gasteiger partial charge < -0.3 is 5.11 Å². The molecule has 0 spiro atoms. The maximum atomic E-state index is 10.3. The van der Waals surface area contributed by atoms with Gasteiger partial charge in [0.25, 0.3) is 0 Å². The van der Waals surface area contributed by atoms with Crippen molar-refractivity contribution in [2.24, 2.45) is 0 Å². The highest BCUT2D eigenvalue weighted by Crippen LogP contribution is 2.00. The van der Waals surface area contributed by atoms with Gasteiger partial charge in [0.1, 0.15) is 0 Å². The fraction of sp³-hybridized carbons (Fsp3) is 0.409. The Labute approximate surface area is 147 Å². The minimum atomic E-state index is -0.870. The number of allylic oxidation sites excluding steroid dienone is 11. The summed E-state index contributed by atoms with van der Waals surface area (Å²) in [5.74, 6) is -0.870. The van der Waals surface area contributed by atoms with Crippen molar-refractivity contribution in [1.29, 1.82) is 0 Å². The molecule has 0 atom stereocenters. The fourth-order valence-corrected chi connectivity index (χ4v) is 1.91. The summed E-state index contributed by atoms with van der Waals surface area (Å²) in [4.78, 5) is 10.3. The third-order valence-corrected chi connectivity index (χ3v) is 3.16. The molecule has 0 unspecified atom stereocenters. The fourth-order valence-electron chi connectivity index (χ4n) is 1.91. The first kappa shape index (κ1) is 21.9. The molecule has 0 aromatic rings. The number of rotatable bonds is 14. The van der Waals surface area contributed by atoms with Crippen molar-refractivity contribution in [3.8, 4) is 0 Å².